The second-order valence-corrected chi connectivity index (χ2v) is 6.86. The molecule has 0 aromatic heterocycles. The summed E-state index contributed by atoms with van der Waals surface area (Å²) >= 11 is 0. The van der Waals surface area contributed by atoms with Gasteiger partial charge in [0.15, 0.2) is 0 Å². The van der Waals surface area contributed by atoms with E-state index in [0.717, 1.165) is 44.8 Å². The van der Waals surface area contributed by atoms with Gasteiger partial charge in [0.2, 0.25) is 11.8 Å². The Hall–Kier alpha value is -1.79. The fourth-order valence-electron chi connectivity index (χ4n) is 3.23. The molecule has 26 heavy (non-hydrogen) atoms. The van der Waals surface area contributed by atoms with Crippen LogP contribution in [0.25, 0.3) is 0 Å². The lowest BCUT2D eigenvalue weighted by Crippen LogP contribution is -2.51. The van der Waals surface area contributed by atoms with Crippen molar-refractivity contribution in [2.75, 3.05) is 39.3 Å². The van der Waals surface area contributed by atoms with Gasteiger partial charge >= 0.3 is 0 Å². The molecule has 1 aromatic rings. The number of para-hydroxylation sites is 1. The number of ether oxygens (including phenoxy) is 1. The number of halogens is 1. The lowest BCUT2D eigenvalue weighted by atomic mass is 9.96. The van der Waals surface area contributed by atoms with Crippen LogP contribution in [-0.2, 0) is 9.59 Å². The summed E-state index contributed by atoms with van der Waals surface area (Å²) in [5.74, 6) is 1.40. The molecule has 2 aliphatic rings. The summed E-state index contributed by atoms with van der Waals surface area (Å²) in [6.07, 6.45) is 2.09. The first kappa shape index (κ1) is 20.5. The molecule has 0 radical (unpaired) electrons. The molecule has 1 aromatic carbocycles. The fraction of sp³-hybridized carbons (Fsp3) is 0.579. The van der Waals surface area contributed by atoms with Crippen molar-refractivity contribution in [2.45, 2.75) is 19.3 Å². The predicted octanol–water partition coefficient (Wildman–Crippen LogP) is 1.45. The third kappa shape index (κ3) is 5.88. The molecule has 2 amide bonds. The Balaban J connectivity index is 0.00000243. The number of likely N-dealkylation sites (tertiary alicyclic amines) is 1. The molecule has 7 heteroatoms. The molecule has 2 aliphatic heterocycles. The van der Waals surface area contributed by atoms with Gasteiger partial charge in [-0.25, -0.2) is 0 Å². The Labute approximate surface area is 161 Å². The molecule has 0 saturated carbocycles. The number of hydrogen-bond donors (Lipinski definition) is 2. The second-order valence-electron chi connectivity index (χ2n) is 6.86. The monoisotopic (exact) mass is 381 g/mol. The van der Waals surface area contributed by atoms with Crippen LogP contribution in [0.5, 0.6) is 5.75 Å². The quantitative estimate of drug-likeness (QED) is 0.750. The lowest BCUT2D eigenvalue weighted by Gasteiger charge is -2.33. The molecule has 0 aliphatic carbocycles. The largest absolute Gasteiger partial charge is 0.493 e. The fourth-order valence-corrected chi connectivity index (χ4v) is 3.23. The normalized spacial score (nSPS) is 19.8. The highest BCUT2D eigenvalue weighted by Crippen LogP contribution is 2.18. The first-order valence-corrected chi connectivity index (χ1v) is 9.16. The smallest absolute Gasteiger partial charge is 0.226 e. The summed E-state index contributed by atoms with van der Waals surface area (Å²) in [6.45, 7) is 4.33. The number of carbonyl (C=O) groups is 2. The van der Waals surface area contributed by atoms with Crippen molar-refractivity contribution in [3.05, 3.63) is 30.3 Å². The van der Waals surface area contributed by atoms with Crippen LogP contribution in [0.3, 0.4) is 0 Å². The van der Waals surface area contributed by atoms with Crippen molar-refractivity contribution >= 4 is 24.2 Å². The molecule has 3 rings (SSSR count). The number of piperidine rings is 1. The first-order valence-electron chi connectivity index (χ1n) is 9.16. The van der Waals surface area contributed by atoms with Gasteiger partial charge in [0.1, 0.15) is 5.75 Å². The third-order valence-electron chi connectivity index (χ3n) is 4.90. The van der Waals surface area contributed by atoms with Gasteiger partial charge in [0, 0.05) is 38.6 Å². The minimum absolute atomic E-state index is 0. The summed E-state index contributed by atoms with van der Waals surface area (Å²) < 4.78 is 5.59. The maximum absolute atomic E-state index is 12.4. The molecule has 2 fully saturated rings. The van der Waals surface area contributed by atoms with Gasteiger partial charge in [-0.05, 0) is 25.0 Å². The van der Waals surface area contributed by atoms with Crippen molar-refractivity contribution in [3.8, 4) is 5.75 Å². The molecule has 144 valence electrons. The number of benzene rings is 1. The summed E-state index contributed by atoms with van der Waals surface area (Å²) in [5, 5.41) is 6.24. The minimum atomic E-state index is -0.0826. The Kier molecular flexibility index (Phi) is 8.19. The van der Waals surface area contributed by atoms with Crippen LogP contribution in [0.4, 0.5) is 0 Å². The number of nitrogens with zero attached hydrogens (tertiary/aromatic N) is 1. The van der Waals surface area contributed by atoms with E-state index in [1.807, 2.05) is 35.2 Å². The van der Waals surface area contributed by atoms with Gasteiger partial charge < -0.3 is 20.3 Å². The second kappa shape index (κ2) is 10.4. The standard InChI is InChI=1S/C19H27N3O3.ClH/c23-18(8-10-25-17-6-2-1-3-7-17)22-9-4-5-16(14-22)19(24)21-13-15-11-20-12-15;/h1-3,6-7,15-16,20H,4-5,8-14H2,(H,21,24);1H. The number of amides is 2. The van der Waals surface area contributed by atoms with Gasteiger partial charge in [0.25, 0.3) is 0 Å². The summed E-state index contributed by atoms with van der Waals surface area (Å²) in [4.78, 5) is 26.5. The molecule has 2 heterocycles. The van der Waals surface area contributed by atoms with E-state index in [1.54, 1.807) is 0 Å². The van der Waals surface area contributed by atoms with E-state index in [1.165, 1.54) is 0 Å². The summed E-state index contributed by atoms with van der Waals surface area (Å²) in [5.41, 5.74) is 0. The Bertz CT molecular complexity index is 581. The van der Waals surface area contributed by atoms with E-state index in [2.05, 4.69) is 10.6 Å². The van der Waals surface area contributed by atoms with Crippen molar-refractivity contribution in [2.24, 2.45) is 11.8 Å². The van der Waals surface area contributed by atoms with Gasteiger partial charge in [0.05, 0.1) is 18.9 Å². The van der Waals surface area contributed by atoms with E-state index in [-0.39, 0.29) is 30.1 Å². The Morgan fingerprint density at radius 2 is 2.00 bits per heavy atom. The zero-order valence-corrected chi connectivity index (χ0v) is 15.8. The van der Waals surface area contributed by atoms with Crippen LogP contribution in [0.2, 0.25) is 0 Å². The zero-order valence-electron chi connectivity index (χ0n) is 15.0. The van der Waals surface area contributed by atoms with Crippen molar-refractivity contribution in [1.29, 1.82) is 0 Å². The van der Waals surface area contributed by atoms with Gasteiger partial charge in [-0.15, -0.1) is 12.4 Å². The Morgan fingerprint density at radius 3 is 2.69 bits per heavy atom. The molecular formula is C19H28ClN3O3. The SMILES string of the molecule is Cl.O=C(NCC1CNC1)C1CCCN(C(=O)CCOc2ccccc2)C1. The molecule has 1 unspecified atom stereocenters. The highest BCUT2D eigenvalue weighted by molar-refractivity contribution is 5.85. The van der Waals surface area contributed by atoms with E-state index < -0.39 is 0 Å². The molecule has 2 saturated heterocycles. The number of carbonyl (C=O) groups excluding carboxylic acids is 2. The van der Waals surface area contributed by atoms with Crippen LogP contribution >= 0.6 is 12.4 Å². The van der Waals surface area contributed by atoms with Crippen LogP contribution in [0.1, 0.15) is 19.3 Å². The van der Waals surface area contributed by atoms with Crippen molar-refractivity contribution in [3.63, 3.8) is 0 Å². The maximum atomic E-state index is 12.4. The van der Waals surface area contributed by atoms with Gasteiger partial charge in [-0.3, -0.25) is 9.59 Å². The number of hydrogen-bond acceptors (Lipinski definition) is 4. The molecule has 6 nitrogen and oxygen atoms in total. The van der Waals surface area contributed by atoms with Crippen LogP contribution in [0.15, 0.2) is 30.3 Å². The summed E-state index contributed by atoms with van der Waals surface area (Å²) in [6, 6.07) is 9.50. The number of nitrogens with one attached hydrogen (secondary N) is 2. The molecule has 0 bridgehead atoms. The minimum Gasteiger partial charge on any atom is -0.493 e. The third-order valence-corrected chi connectivity index (χ3v) is 4.90. The van der Waals surface area contributed by atoms with E-state index >= 15 is 0 Å². The van der Waals surface area contributed by atoms with Gasteiger partial charge in [-0.2, -0.15) is 0 Å². The summed E-state index contributed by atoms with van der Waals surface area (Å²) in [7, 11) is 0. The molecule has 2 N–H and O–H groups in total. The topological polar surface area (TPSA) is 70.7 Å². The maximum Gasteiger partial charge on any atom is 0.226 e. The highest BCUT2D eigenvalue weighted by atomic mass is 35.5. The average Bonchev–Trinajstić information content (AvgIpc) is 2.61. The molecule has 1 atom stereocenters. The molecular weight excluding hydrogens is 354 g/mol. The zero-order chi connectivity index (χ0) is 17.5. The van der Waals surface area contributed by atoms with Crippen molar-refractivity contribution in [1.82, 2.24) is 15.5 Å². The molecule has 0 spiro atoms. The average molecular weight is 382 g/mol. The van der Waals surface area contributed by atoms with Crippen LogP contribution in [-0.4, -0.2) is 56.0 Å². The predicted molar refractivity (Wildman–Crippen MR) is 102 cm³/mol. The van der Waals surface area contributed by atoms with Gasteiger partial charge in [-0.1, -0.05) is 18.2 Å². The van der Waals surface area contributed by atoms with Crippen LogP contribution < -0.4 is 15.4 Å². The number of rotatable bonds is 7. The van der Waals surface area contributed by atoms with E-state index in [4.69, 9.17) is 4.74 Å². The lowest BCUT2D eigenvalue weighted by molar-refractivity contribution is -0.136. The Morgan fingerprint density at radius 1 is 1.23 bits per heavy atom. The van der Waals surface area contributed by atoms with Crippen LogP contribution in [0, 0.1) is 11.8 Å². The highest BCUT2D eigenvalue weighted by Gasteiger charge is 2.29. The van der Waals surface area contributed by atoms with E-state index in [0.29, 0.717) is 25.5 Å². The van der Waals surface area contributed by atoms with E-state index in [9.17, 15) is 9.59 Å². The first-order chi connectivity index (χ1) is 12.2. The van der Waals surface area contributed by atoms with Crippen molar-refractivity contribution < 1.29 is 14.3 Å².